The van der Waals surface area contributed by atoms with Gasteiger partial charge in [0.05, 0.1) is 30.7 Å². The van der Waals surface area contributed by atoms with E-state index in [4.69, 9.17) is 10.5 Å². The summed E-state index contributed by atoms with van der Waals surface area (Å²) in [6.45, 7) is 13.8. The molecule has 1 saturated heterocycles. The Kier molecular flexibility index (Phi) is 18.3. The number of nitrogens with zero attached hydrogens (tertiary/aromatic N) is 2. The Balaban J connectivity index is 2.07. The summed E-state index contributed by atoms with van der Waals surface area (Å²) < 4.78 is 48.6. The highest BCUT2D eigenvalue weighted by molar-refractivity contribution is 5.99. The molecule has 5 unspecified atom stereocenters. The van der Waals surface area contributed by atoms with Crippen molar-refractivity contribution in [3.8, 4) is 0 Å². The summed E-state index contributed by atoms with van der Waals surface area (Å²) in [5.74, 6) is -3.85. The van der Waals surface area contributed by atoms with Gasteiger partial charge in [-0.2, -0.15) is 0 Å². The highest BCUT2D eigenvalue weighted by Crippen LogP contribution is 2.35. The van der Waals surface area contributed by atoms with Gasteiger partial charge in [-0.3, -0.25) is 9.59 Å². The minimum absolute atomic E-state index is 0.0691. The first kappa shape index (κ1) is 44.8. The van der Waals surface area contributed by atoms with Crippen molar-refractivity contribution in [1.29, 1.82) is 0 Å². The Labute approximate surface area is 322 Å². The average Bonchev–Trinajstić information content (AvgIpc) is 3.32. The van der Waals surface area contributed by atoms with E-state index in [0.29, 0.717) is 63.2 Å². The molecule has 54 heavy (non-hydrogen) atoms. The second-order valence-corrected chi connectivity index (χ2v) is 15.6. The Morgan fingerprint density at radius 1 is 1.19 bits per heavy atom. The van der Waals surface area contributed by atoms with Crippen molar-refractivity contribution < 1.29 is 27.5 Å². The number of para-hydroxylation sites is 1. The number of piperidine rings is 1. The number of likely N-dealkylation sites (tertiary alicyclic amines) is 1. The van der Waals surface area contributed by atoms with Gasteiger partial charge in [-0.15, -0.1) is 6.58 Å². The minimum atomic E-state index is -3.23. The lowest BCUT2D eigenvalue weighted by Gasteiger charge is -2.41. The standard InChI is InChI=1S/C43H66F3N5O3/c1-7-23-42(4,29-34(44)30-43(5,45)46)31-40(52)51(27-14-26-50-25-12-11-15-32(50)3)39(22-24-48-6)38(49-41(53)36-18-9-10-19-37(36)47)28-33-16-13-17-35(21-20-33)54-8-2/h7,9-10,17-21,29,32-33,38-39,48H,1,8,11-16,22-28,30-31,47H2,2-6H3,(H,49,53)/b34-29+. The maximum atomic E-state index is 15.1. The first-order chi connectivity index (χ1) is 25.7. The van der Waals surface area contributed by atoms with Gasteiger partial charge in [0, 0.05) is 36.7 Å². The number of benzene rings is 1. The van der Waals surface area contributed by atoms with E-state index in [-0.39, 0.29) is 30.6 Å². The molecular formula is C43H66F3N5O3. The smallest absolute Gasteiger partial charge is 0.253 e. The number of amides is 2. The van der Waals surface area contributed by atoms with Gasteiger partial charge in [-0.1, -0.05) is 37.6 Å². The van der Waals surface area contributed by atoms with Crippen molar-refractivity contribution in [3.63, 3.8) is 0 Å². The number of nitrogens with one attached hydrogen (secondary N) is 2. The van der Waals surface area contributed by atoms with Crippen molar-refractivity contribution >= 4 is 17.5 Å². The van der Waals surface area contributed by atoms with Crippen molar-refractivity contribution in [2.75, 3.05) is 45.6 Å². The average molecular weight is 758 g/mol. The third-order valence-electron chi connectivity index (χ3n) is 10.6. The van der Waals surface area contributed by atoms with E-state index in [2.05, 4.69) is 41.2 Å². The van der Waals surface area contributed by atoms with E-state index in [9.17, 15) is 18.4 Å². The number of alkyl halides is 2. The third-order valence-corrected chi connectivity index (χ3v) is 10.6. The number of nitrogens with two attached hydrogens (primary N) is 1. The number of halogens is 3. The Morgan fingerprint density at radius 3 is 2.61 bits per heavy atom. The second-order valence-electron chi connectivity index (χ2n) is 15.6. The fourth-order valence-corrected chi connectivity index (χ4v) is 7.85. The summed E-state index contributed by atoms with van der Waals surface area (Å²) in [4.78, 5) is 33.2. The zero-order valence-corrected chi connectivity index (χ0v) is 33.4. The summed E-state index contributed by atoms with van der Waals surface area (Å²) >= 11 is 0. The molecule has 1 aromatic carbocycles. The van der Waals surface area contributed by atoms with Crippen molar-refractivity contribution in [2.24, 2.45) is 11.3 Å². The quantitative estimate of drug-likeness (QED) is 0.0810. The van der Waals surface area contributed by atoms with Crippen molar-refractivity contribution in [3.05, 3.63) is 78.4 Å². The highest BCUT2D eigenvalue weighted by Gasteiger charge is 2.37. The van der Waals surface area contributed by atoms with Gasteiger partial charge in [0.25, 0.3) is 11.8 Å². The number of ether oxygens (including phenoxy) is 1. The molecule has 8 nitrogen and oxygen atoms in total. The lowest BCUT2D eigenvalue weighted by Crippen LogP contribution is -2.56. The van der Waals surface area contributed by atoms with Crippen molar-refractivity contribution in [1.82, 2.24) is 20.4 Å². The van der Waals surface area contributed by atoms with Gasteiger partial charge in [-0.25, -0.2) is 13.2 Å². The second kappa shape index (κ2) is 22.1. The summed E-state index contributed by atoms with van der Waals surface area (Å²) in [7, 11) is 1.85. The SMILES string of the molecule is C=CCC(C)(/C=C(/F)CC(C)(F)F)CC(=O)N(CCCN1CCCCC1C)C(CCNC)C(CC1C=CC(OCC)=CCC1)NC(=O)c1ccccc1N. The maximum Gasteiger partial charge on any atom is 0.253 e. The predicted octanol–water partition coefficient (Wildman–Crippen LogP) is 8.59. The molecule has 0 aromatic heterocycles. The van der Waals surface area contributed by atoms with Crippen LogP contribution in [0.3, 0.4) is 0 Å². The van der Waals surface area contributed by atoms with E-state index in [1.54, 1.807) is 37.3 Å². The van der Waals surface area contributed by atoms with Gasteiger partial charge in [-0.05, 0) is 129 Å². The van der Waals surface area contributed by atoms with Gasteiger partial charge >= 0.3 is 0 Å². The Hall–Kier alpha value is -3.57. The van der Waals surface area contributed by atoms with E-state index < -0.39 is 35.7 Å². The van der Waals surface area contributed by atoms with E-state index in [1.165, 1.54) is 12.5 Å². The van der Waals surface area contributed by atoms with Crippen LogP contribution in [0.15, 0.2) is 72.8 Å². The number of allylic oxidation sites excluding steroid dienone is 6. The number of carbonyl (C=O) groups excluding carboxylic acids is 2. The Bertz CT molecular complexity index is 1440. The normalized spacial score (nSPS) is 20.6. The molecular weight excluding hydrogens is 691 g/mol. The molecule has 0 radical (unpaired) electrons. The molecule has 4 N–H and O–H groups in total. The molecule has 3 rings (SSSR count). The number of carbonyl (C=O) groups is 2. The lowest BCUT2D eigenvalue weighted by molar-refractivity contribution is -0.136. The van der Waals surface area contributed by atoms with Crippen LogP contribution in [0.1, 0.15) is 109 Å². The highest BCUT2D eigenvalue weighted by atomic mass is 19.3. The zero-order chi connectivity index (χ0) is 39.7. The number of hydrogen-bond donors (Lipinski definition) is 3. The molecule has 0 saturated carbocycles. The van der Waals surface area contributed by atoms with Gasteiger partial charge in [0.15, 0.2) is 0 Å². The molecule has 302 valence electrons. The van der Waals surface area contributed by atoms with Crippen molar-refractivity contribution in [2.45, 2.75) is 122 Å². The van der Waals surface area contributed by atoms with Gasteiger partial charge in [0.1, 0.15) is 11.6 Å². The molecule has 1 heterocycles. The van der Waals surface area contributed by atoms with Crippen LogP contribution in [0.25, 0.3) is 0 Å². The molecule has 1 aliphatic heterocycles. The maximum absolute atomic E-state index is 15.1. The monoisotopic (exact) mass is 758 g/mol. The molecule has 5 atom stereocenters. The van der Waals surface area contributed by atoms with E-state index in [0.717, 1.165) is 44.5 Å². The summed E-state index contributed by atoms with van der Waals surface area (Å²) in [6.07, 6.45) is 14.9. The summed E-state index contributed by atoms with van der Waals surface area (Å²) in [5, 5.41) is 6.55. The van der Waals surface area contributed by atoms with Crippen LogP contribution in [0.2, 0.25) is 0 Å². The largest absolute Gasteiger partial charge is 0.494 e. The predicted molar refractivity (Wildman–Crippen MR) is 214 cm³/mol. The van der Waals surface area contributed by atoms with Gasteiger partial charge in [0.2, 0.25) is 5.91 Å². The molecule has 1 aromatic rings. The summed E-state index contributed by atoms with van der Waals surface area (Å²) in [5.41, 5.74) is 5.89. The molecule has 2 amide bonds. The number of nitrogen functional groups attached to an aromatic ring is 1. The molecule has 2 aliphatic rings. The number of rotatable bonds is 22. The summed E-state index contributed by atoms with van der Waals surface area (Å²) in [6, 6.07) is 6.45. The van der Waals surface area contributed by atoms with Gasteiger partial charge < -0.3 is 30.9 Å². The fourth-order valence-electron chi connectivity index (χ4n) is 7.85. The fraction of sp³-hybridized carbons (Fsp3) is 0.628. The van der Waals surface area contributed by atoms with Crippen LogP contribution >= 0.6 is 0 Å². The topological polar surface area (TPSA) is 99.9 Å². The molecule has 11 heteroatoms. The first-order valence-corrected chi connectivity index (χ1v) is 19.9. The lowest BCUT2D eigenvalue weighted by atomic mass is 9.81. The zero-order valence-electron chi connectivity index (χ0n) is 33.4. The Morgan fingerprint density at radius 2 is 1.94 bits per heavy atom. The molecule has 1 aliphatic carbocycles. The van der Waals surface area contributed by atoms with Crippen LogP contribution in [0.5, 0.6) is 0 Å². The molecule has 1 fully saturated rings. The van der Waals surface area contributed by atoms with E-state index in [1.807, 2.05) is 24.9 Å². The molecule has 0 bridgehead atoms. The van der Waals surface area contributed by atoms with Crippen LogP contribution in [0, 0.1) is 11.3 Å². The van der Waals surface area contributed by atoms with Crippen LogP contribution in [-0.4, -0.2) is 85.5 Å². The van der Waals surface area contributed by atoms with Crippen LogP contribution in [0.4, 0.5) is 18.9 Å². The first-order valence-electron chi connectivity index (χ1n) is 19.9. The van der Waals surface area contributed by atoms with E-state index >= 15 is 4.39 Å². The third kappa shape index (κ3) is 14.9. The van der Waals surface area contributed by atoms with Crippen LogP contribution in [-0.2, 0) is 9.53 Å². The number of anilines is 1. The number of hydrogen-bond acceptors (Lipinski definition) is 6. The molecule has 0 spiro atoms. The minimum Gasteiger partial charge on any atom is -0.494 e. The van der Waals surface area contributed by atoms with Crippen LogP contribution < -0.4 is 16.4 Å².